The number of halogens is 3. The molecule has 1 aliphatic rings. The Morgan fingerprint density at radius 2 is 1.94 bits per heavy atom. The van der Waals surface area contributed by atoms with Gasteiger partial charge in [0.25, 0.3) is 5.91 Å². The number of carbonyl (C=O) groups excluding carboxylic acids is 1. The maximum Gasteiger partial charge on any atom is 0.308 e. The number of rotatable bonds is 5. The van der Waals surface area contributed by atoms with Gasteiger partial charge in [-0.3, -0.25) is 14.6 Å². The summed E-state index contributed by atoms with van der Waals surface area (Å²) < 4.78 is 19.5. The zero-order valence-corrected chi connectivity index (χ0v) is 19.2. The Morgan fingerprint density at radius 1 is 1.21 bits per heavy atom. The number of pyridine rings is 1. The summed E-state index contributed by atoms with van der Waals surface area (Å²) in [4.78, 5) is 30.0. The first-order valence-corrected chi connectivity index (χ1v) is 11.2. The molecule has 2 unspecified atom stereocenters. The summed E-state index contributed by atoms with van der Waals surface area (Å²) in [6.45, 7) is 2.33. The summed E-state index contributed by atoms with van der Waals surface area (Å²) in [6.07, 6.45) is 2.01. The van der Waals surface area contributed by atoms with E-state index in [2.05, 4.69) is 4.98 Å². The maximum atomic E-state index is 13.6. The standard InChI is InChI=1S/C24H21Cl2FN2O4/c1-13(23(30)29-8-2-3-14(12-29)24(31)32)33-16-4-5-17-18(6-7-28-21(17)11-16)22-19(25)9-15(27)10-20(22)26/h4-7,9-11,13-14H,2-3,8,12H2,1H3,(H,31,32). The Bertz CT molecular complexity index is 1210. The van der Waals surface area contributed by atoms with Gasteiger partial charge < -0.3 is 14.7 Å². The second-order valence-corrected chi connectivity index (χ2v) is 8.82. The van der Waals surface area contributed by atoms with Crippen LogP contribution in [0.5, 0.6) is 5.75 Å². The van der Waals surface area contributed by atoms with E-state index in [1.54, 1.807) is 42.3 Å². The fourth-order valence-corrected chi connectivity index (χ4v) is 4.77. The number of ether oxygens (including phenoxy) is 1. The van der Waals surface area contributed by atoms with Gasteiger partial charge in [-0.15, -0.1) is 0 Å². The zero-order chi connectivity index (χ0) is 23.7. The van der Waals surface area contributed by atoms with Gasteiger partial charge >= 0.3 is 5.97 Å². The molecular formula is C24H21Cl2FN2O4. The third-order valence-corrected chi connectivity index (χ3v) is 6.33. The molecule has 2 atom stereocenters. The number of aromatic nitrogens is 1. The van der Waals surface area contributed by atoms with Crippen LogP contribution in [0.3, 0.4) is 0 Å². The van der Waals surface area contributed by atoms with Crippen molar-refractivity contribution >= 4 is 46.0 Å². The van der Waals surface area contributed by atoms with E-state index in [-0.39, 0.29) is 22.5 Å². The van der Waals surface area contributed by atoms with Crippen LogP contribution in [0.15, 0.2) is 42.6 Å². The molecule has 0 spiro atoms. The molecule has 1 aliphatic heterocycles. The van der Waals surface area contributed by atoms with Crippen LogP contribution in [0.2, 0.25) is 10.0 Å². The minimum Gasteiger partial charge on any atom is -0.481 e. The summed E-state index contributed by atoms with van der Waals surface area (Å²) >= 11 is 12.5. The fraction of sp³-hybridized carbons (Fsp3) is 0.292. The minimum atomic E-state index is -0.890. The van der Waals surface area contributed by atoms with Crippen LogP contribution < -0.4 is 4.74 Å². The molecular weight excluding hydrogens is 470 g/mol. The largest absolute Gasteiger partial charge is 0.481 e. The number of hydrogen-bond acceptors (Lipinski definition) is 4. The molecule has 1 aromatic heterocycles. The highest BCUT2D eigenvalue weighted by atomic mass is 35.5. The van der Waals surface area contributed by atoms with Crippen LogP contribution in [0.25, 0.3) is 22.0 Å². The fourth-order valence-electron chi connectivity index (χ4n) is 4.11. The lowest BCUT2D eigenvalue weighted by Gasteiger charge is -2.32. The quantitative estimate of drug-likeness (QED) is 0.515. The maximum absolute atomic E-state index is 13.6. The lowest BCUT2D eigenvalue weighted by molar-refractivity contribution is -0.147. The molecule has 1 N–H and O–H groups in total. The van der Waals surface area contributed by atoms with Crippen LogP contribution in [0.4, 0.5) is 4.39 Å². The number of likely N-dealkylation sites (tertiary alicyclic amines) is 1. The van der Waals surface area contributed by atoms with Gasteiger partial charge in [0.1, 0.15) is 11.6 Å². The van der Waals surface area contributed by atoms with Crippen molar-refractivity contribution in [2.24, 2.45) is 5.92 Å². The van der Waals surface area contributed by atoms with Crippen molar-refractivity contribution in [1.29, 1.82) is 0 Å². The molecule has 2 heterocycles. The number of carboxylic acid groups (broad SMARTS) is 1. The Kier molecular flexibility index (Phi) is 6.72. The Balaban J connectivity index is 1.57. The lowest BCUT2D eigenvalue weighted by Crippen LogP contribution is -2.47. The number of carbonyl (C=O) groups is 2. The van der Waals surface area contributed by atoms with Crippen molar-refractivity contribution in [2.45, 2.75) is 25.9 Å². The molecule has 172 valence electrons. The number of benzene rings is 2. The number of fused-ring (bicyclic) bond motifs is 1. The van der Waals surface area contributed by atoms with E-state index in [1.165, 1.54) is 12.1 Å². The summed E-state index contributed by atoms with van der Waals surface area (Å²) in [6, 6.07) is 9.34. The normalized spacial score (nSPS) is 17.1. The zero-order valence-electron chi connectivity index (χ0n) is 17.7. The Hall–Kier alpha value is -2.90. The van der Waals surface area contributed by atoms with E-state index in [0.29, 0.717) is 41.8 Å². The van der Waals surface area contributed by atoms with Crippen molar-refractivity contribution in [3.8, 4) is 16.9 Å². The number of nitrogens with zero attached hydrogens (tertiary/aromatic N) is 2. The van der Waals surface area contributed by atoms with Crippen LogP contribution in [0, 0.1) is 11.7 Å². The number of hydrogen-bond donors (Lipinski definition) is 1. The number of aliphatic carboxylic acids is 1. The van der Waals surface area contributed by atoms with Crippen LogP contribution in [-0.4, -0.2) is 46.1 Å². The average Bonchev–Trinajstić information content (AvgIpc) is 2.78. The predicted octanol–water partition coefficient (Wildman–Crippen LogP) is 5.44. The molecule has 1 fully saturated rings. The molecule has 6 nitrogen and oxygen atoms in total. The molecule has 4 rings (SSSR count). The smallest absolute Gasteiger partial charge is 0.308 e. The molecule has 0 saturated carbocycles. The van der Waals surface area contributed by atoms with Crippen LogP contribution in [-0.2, 0) is 9.59 Å². The van der Waals surface area contributed by atoms with Crippen molar-refractivity contribution in [3.63, 3.8) is 0 Å². The van der Waals surface area contributed by atoms with Gasteiger partial charge in [0.2, 0.25) is 0 Å². The van der Waals surface area contributed by atoms with Crippen LogP contribution >= 0.6 is 23.2 Å². The van der Waals surface area contributed by atoms with E-state index < -0.39 is 23.8 Å². The number of amides is 1. The second-order valence-electron chi connectivity index (χ2n) is 8.00. The van der Waals surface area contributed by atoms with E-state index in [1.807, 2.05) is 0 Å². The van der Waals surface area contributed by atoms with E-state index >= 15 is 0 Å². The van der Waals surface area contributed by atoms with Crippen LogP contribution in [0.1, 0.15) is 19.8 Å². The SMILES string of the molecule is CC(Oc1ccc2c(-c3c(Cl)cc(F)cc3Cl)ccnc2c1)C(=O)N1CCCC(C(=O)O)C1. The molecule has 9 heteroatoms. The molecule has 33 heavy (non-hydrogen) atoms. The summed E-state index contributed by atoms with van der Waals surface area (Å²) in [5.74, 6) is -1.78. The second kappa shape index (κ2) is 9.53. The molecule has 1 amide bonds. The third kappa shape index (κ3) is 4.89. The first-order valence-electron chi connectivity index (χ1n) is 10.5. The Labute approximate surface area is 199 Å². The monoisotopic (exact) mass is 490 g/mol. The van der Waals surface area contributed by atoms with E-state index in [0.717, 1.165) is 5.39 Å². The average molecular weight is 491 g/mol. The van der Waals surface area contributed by atoms with E-state index in [4.69, 9.17) is 27.9 Å². The predicted molar refractivity (Wildman–Crippen MR) is 124 cm³/mol. The van der Waals surface area contributed by atoms with Gasteiger partial charge in [-0.1, -0.05) is 23.2 Å². The van der Waals surface area contributed by atoms with Gasteiger partial charge in [0.05, 0.1) is 21.5 Å². The van der Waals surface area contributed by atoms with Gasteiger partial charge in [-0.25, -0.2) is 4.39 Å². The highest BCUT2D eigenvalue weighted by Gasteiger charge is 2.31. The van der Waals surface area contributed by atoms with Gasteiger partial charge in [0, 0.05) is 36.3 Å². The van der Waals surface area contributed by atoms with Crippen molar-refractivity contribution in [3.05, 3.63) is 58.5 Å². The van der Waals surface area contributed by atoms with Gasteiger partial charge in [0.15, 0.2) is 6.10 Å². The first-order chi connectivity index (χ1) is 15.7. The first kappa shape index (κ1) is 23.3. The summed E-state index contributed by atoms with van der Waals surface area (Å²) in [5.41, 5.74) is 1.78. The molecule has 0 aliphatic carbocycles. The van der Waals surface area contributed by atoms with Gasteiger partial charge in [-0.05, 0) is 55.7 Å². The molecule has 0 bridgehead atoms. The number of carboxylic acids is 1. The molecule has 0 radical (unpaired) electrons. The van der Waals surface area contributed by atoms with Crippen molar-refractivity contribution < 1.29 is 23.8 Å². The third-order valence-electron chi connectivity index (χ3n) is 5.73. The Morgan fingerprint density at radius 3 is 2.64 bits per heavy atom. The topological polar surface area (TPSA) is 79.7 Å². The molecule has 3 aromatic rings. The highest BCUT2D eigenvalue weighted by molar-refractivity contribution is 6.39. The van der Waals surface area contributed by atoms with Crippen molar-refractivity contribution in [1.82, 2.24) is 9.88 Å². The summed E-state index contributed by atoms with van der Waals surface area (Å²) in [7, 11) is 0. The van der Waals surface area contributed by atoms with Gasteiger partial charge in [-0.2, -0.15) is 0 Å². The minimum absolute atomic E-state index is 0.184. The van der Waals surface area contributed by atoms with Crippen molar-refractivity contribution in [2.75, 3.05) is 13.1 Å². The number of piperidine rings is 1. The molecule has 2 aromatic carbocycles. The lowest BCUT2D eigenvalue weighted by atomic mass is 9.98. The molecule has 1 saturated heterocycles. The summed E-state index contributed by atoms with van der Waals surface area (Å²) in [5, 5.41) is 10.4. The highest BCUT2D eigenvalue weighted by Crippen LogP contribution is 2.39. The van der Waals surface area contributed by atoms with E-state index in [9.17, 15) is 19.1 Å².